The predicted molar refractivity (Wildman–Crippen MR) is 127 cm³/mol. The third-order valence-electron chi connectivity index (χ3n) is 5.04. The molecule has 28 heavy (non-hydrogen) atoms. The number of carbonyl (C=O) groups is 1. The molecule has 1 atom stereocenters. The van der Waals surface area contributed by atoms with Crippen LogP contribution in [-0.4, -0.2) is 31.9 Å². The Balaban J connectivity index is 2.60. The number of halogens is 1. The van der Waals surface area contributed by atoms with Gasteiger partial charge in [-0.3, -0.25) is 4.79 Å². The third kappa shape index (κ3) is 5.45. The van der Waals surface area contributed by atoms with Gasteiger partial charge in [0.25, 0.3) is 8.32 Å². The lowest BCUT2D eigenvalue weighted by Crippen LogP contribution is -2.67. The highest BCUT2D eigenvalue weighted by Crippen LogP contribution is 2.38. The van der Waals surface area contributed by atoms with E-state index in [-0.39, 0.29) is 23.5 Å². The van der Waals surface area contributed by atoms with Gasteiger partial charge in [0.15, 0.2) is 0 Å². The first-order valence-corrected chi connectivity index (χ1v) is 13.2. The Bertz CT molecular complexity index is 689. The zero-order chi connectivity index (χ0) is 20.6. The van der Waals surface area contributed by atoms with Crippen LogP contribution in [0.15, 0.2) is 60.7 Å². The van der Waals surface area contributed by atoms with E-state index < -0.39 is 8.32 Å². The summed E-state index contributed by atoms with van der Waals surface area (Å²) in [4.78, 5) is 12.1. The van der Waals surface area contributed by atoms with Gasteiger partial charge in [0.2, 0.25) is 0 Å². The summed E-state index contributed by atoms with van der Waals surface area (Å²) in [6.07, 6.45) is 1.99. The van der Waals surface area contributed by atoms with Crippen molar-refractivity contribution in [2.24, 2.45) is 0 Å². The molecule has 0 aromatic heterocycles. The molecule has 2 rings (SSSR count). The highest BCUT2D eigenvalue weighted by Gasteiger charge is 2.51. The molecule has 0 N–H and O–H groups in total. The van der Waals surface area contributed by atoms with E-state index in [0.29, 0.717) is 0 Å². The molecule has 0 aliphatic heterocycles. The summed E-state index contributed by atoms with van der Waals surface area (Å²) in [6.45, 7) is 6.77. The molecule has 0 unspecified atom stereocenters. The molecular formula is C23H31IO3Si. The summed E-state index contributed by atoms with van der Waals surface area (Å²) < 4.78 is 13.1. The molecule has 0 saturated carbocycles. The first kappa shape index (κ1) is 23.1. The summed E-state index contributed by atoms with van der Waals surface area (Å²) in [5.74, 6) is -0.212. The van der Waals surface area contributed by atoms with Crippen molar-refractivity contribution >= 4 is 47.3 Å². The number of rotatable bonds is 9. The smallest absolute Gasteiger partial charge is 0.308 e. The van der Waals surface area contributed by atoms with Crippen molar-refractivity contribution in [3.63, 3.8) is 0 Å². The molecule has 0 amide bonds. The topological polar surface area (TPSA) is 35.5 Å². The second-order valence-corrected chi connectivity index (χ2v) is 13.3. The van der Waals surface area contributed by atoms with Crippen LogP contribution in [0.2, 0.25) is 5.04 Å². The molecule has 0 fully saturated rings. The van der Waals surface area contributed by atoms with Gasteiger partial charge >= 0.3 is 5.97 Å². The van der Waals surface area contributed by atoms with E-state index in [9.17, 15) is 4.79 Å². The van der Waals surface area contributed by atoms with E-state index >= 15 is 0 Å². The van der Waals surface area contributed by atoms with E-state index in [1.165, 1.54) is 17.5 Å². The Morgan fingerprint density at radius 2 is 1.50 bits per heavy atom. The van der Waals surface area contributed by atoms with Crippen molar-refractivity contribution in [2.45, 2.75) is 51.2 Å². The number of hydrogen-bond donors (Lipinski definition) is 0. The lowest BCUT2D eigenvalue weighted by atomic mass is 10.1. The number of carbonyl (C=O) groups excluding carboxylic acids is 1. The maximum absolute atomic E-state index is 12.1. The van der Waals surface area contributed by atoms with Gasteiger partial charge in [0, 0.05) is 0 Å². The van der Waals surface area contributed by atoms with Crippen molar-refractivity contribution in [3.8, 4) is 0 Å². The van der Waals surface area contributed by atoms with Crippen LogP contribution >= 0.6 is 22.6 Å². The van der Waals surface area contributed by atoms with Crippen LogP contribution < -0.4 is 10.4 Å². The quantitative estimate of drug-likeness (QED) is 0.212. The van der Waals surface area contributed by atoms with Gasteiger partial charge in [-0.15, -0.1) is 0 Å². The van der Waals surface area contributed by atoms with Crippen LogP contribution in [0.5, 0.6) is 0 Å². The first-order chi connectivity index (χ1) is 13.3. The molecule has 0 spiro atoms. The fourth-order valence-electron chi connectivity index (χ4n) is 3.72. The van der Waals surface area contributed by atoms with Crippen molar-refractivity contribution < 1.29 is 14.0 Å². The summed E-state index contributed by atoms with van der Waals surface area (Å²) in [7, 11) is -1.21. The molecule has 0 saturated heterocycles. The molecule has 3 nitrogen and oxygen atoms in total. The number of methoxy groups -OCH3 is 1. The fraction of sp³-hybridized carbons (Fsp3) is 0.435. The van der Waals surface area contributed by atoms with Crippen molar-refractivity contribution in [1.82, 2.24) is 0 Å². The Morgan fingerprint density at radius 3 is 1.89 bits per heavy atom. The zero-order valence-corrected chi connectivity index (χ0v) is 20.4. The molecule has 0 aliphatic carbocycles. The van der Waals surface area contributed by atoms with Gasteiger partial charge < -0.3 is 9.16 Å². The first-order valence-electron chi connectivity index (χ1n) is 9.77. The third-order valence-corrected chi connectivity index (χ3v) is 10.9. The number of ether oxygens (including phenoxy) is 1. The average molecular weight is 510 g/mol. The van der Waals surface area contributed by atoms with E-state index in [0.717, 1.165) is 17.3 Å². The van der Waals surface area contributed by atoms with Crippen LogP contribution in [0.4, 0.5) is 0 Å². The van der Waals surface area contributed by atoms with Gasteiger partial charge in [0.05, 0.1) is 19.6 Å². The van der Waals surface area contributed by atoms with Crippen LogP contribution in [0.1, 0.15) is 40.0 Å². The van der Waals surface area contributed by atoms with Crippen LogP contribution in [0, 0.1) is 0 Å². The zero-order valence-electron chi connectivity index (χ0n) is 17.3. The van der Waals surface area contributed by atoms with Gasteiger partial charge in [-0.1, -0.05) is 104 Å². The van der Waals surface area contributed by atoms with Crippen molar-refractivity contribution in [1.29, 1.82) is 0 Å². The van der Waals surface area contributed by atoms with Crippen molar-refractivity contribution in [2.75, 3.05) is 11.5 Å². The molecule has 2 aromatic rings. The summed E-state index contributed by atoms with van der Waals surface area (Å²) in [5.41, 5.74) is 0. The van der Waals surface area contributed by atoms with E-state index in [4.69, 9.17) is 9.16 Å². The lowest BCUT2D eigenvalue weighted by molar-refractivity contribution is -0.142. The predicted octanol–water partition coefficient (Wildman–Crippen LogP) is 4.71. The van der Waals surface area contributed by atoms with Crippen LogP contribution in [-0.2, 0) is 14.0 Å². The summed E-state index contributed by atoms with van der Waals surface area (Å²) >= 11 is 2.38. The standard InChI is InChI=1S/C23H31IO3Si/c1-23(2,3)28(20-13-7-5-8-14-20,21-15-9-6-10-16-21)27-19(12-11-17-24)18-22(25)26-4/h5-10,13-16,19H,11-12,17-18H2,1-4H3/t19-/m0/s1. The number of benzene rings is 2. The minimum absolute atomic E-state index is 0.103. The monoisotopic (exact) mass is 510 g/mol. The Labute approximate surface area is 184 Å². The maximum Gasteiger partial charge on any atom is 0.308 e. The molecule has 0 aliphatic rings. The Morgan fingerprint density at radius 1 is 1.00 bits per heavy atom. The molecule has 0 heterocycles. The lowest BCUT2D eigenvalue weighted by Gasteiger charge is -2.45. The van der Waals surface area contributed by atoms with Crippen molar-refractivity contribution in [3.05, 3.63) is 60.7 Å². The van der Waals surface area contributed by atoms with E-state index in [1.807, 2.05) is 12.1 Å². The van der Waals surface area contributed by atoms with E-state index in [2.05, 4.69) is 91.9 Å². The molecule has 0 radical (unpaired) electrons. The number of esters is 1. The molecular weight excluding hydrogens is 479 g/mol. The normalized spacial score (nSPS) is 13.2. The molecule has 5 heteroatoms. The Kier molecular flexibility index (Phi) is 8.71. The van der Waals surface area contributed by atoms with Gasteiger partial charge in [-0.2, -0.15) is 0 Å². The average Bonchev–Trinajstić information content (AvgIpc) is 2.70. The number of hydrogen-bond acceptors (Lipinski definition) is 3. The number of alkyl halides is 1. The van der Waals surface area contributed by atoms with Gasteiger partial charge in [-0.05, 0) is 32.7 Å². The summed E-state index contributed by atoms with van der Waals surface area (Å²) in [6, 6.07) is 21.1. The minimum Gasteiger partial charge on any atom is -0.469 e. The highest BCUT2D eigenvalue weighted by atomic mass is 127. The Hall–Kier alpha value is -1.18. The molecule has 2 aromatic carbocycles. The fourth-order valence-corrected chi connectivity index (χ4v) is 8.87. The molecule has 152 valence electrons. The van der Waals surface area contributed by atoms with E-state index in [1.54, 1.807) is 0 Å². The highest BCUT2D eigenvalue weighted by molar-refractivity contribution is 14.1. The molecule has 0 bridgehead atoms. The van der Waals surface area contributed by atoms with Crippen LogP contribution in [0.25, 0.3) is 0 Å². The second kappa shape index (κ2) is 10.6. The maximum atomic E-state index is 12.1. The van der Waals surface area contributed by atoms with Gasteiger partial charge in [0.1, 0.15) is 0 Å². The second-order valence-electron chi connectivity index (χ2n) is 8.01. The minimum atomic E-state index is -2.65. The summed E-state index contributed by atoms with van der Waals surface area (Å²) in [5, 5.41) is 2.37. The van der Waals surface area contributed by atoms with Crippen LogP contribution in [0.3, 0.4) is 0 Å². The SMILES string of the molecule is COC(=O)C[C@H](CCCI)O[Si](c1ccccc1)(c1ccccc1)C(C)(C)C. The largest absolute Gasteiger partial charge is 0.469 e. The van der Waals surface area contributed by atoms with Gasteiger partial charge in [-0.25, -0.2) is 0 Å².